The molecule has 8 aromatic rings. The highest BCUT2D eigenvalue weighted by atomic mass is 15.0. The third-order valence-electron chi connectivity index (χ3n) is 14.2. The molecule has 4 fully saturated rings. The van der Waals surface area contributed by atoms with E-state index < -0.39 is 0 Å². The van der Waals surface area contributed by atoms with Crippen molar-refractivity contribution in [3.8, 4) is 73.6 Å². The molecular weight excluding hydrogens is 705 g/mol. The van der Waals surface area contributed by atoms with Crippen LogP contribution in [0.5, 0.6) is 0 Å². The zero-order valence-corrected chi connectivity index (χ0v) is 32.1. The molecule has 7 aromatic carbocycles. The van der Waals surface area contributed by atoms with Crippen molar-refractivity contribution in [1.29, 1.82) is 5.26 Å². The van der Waals surface area contributed by atoms with Crippen LogP contribution >= 0.6 is 0 Å². The van der Waals surface area contributed by atoms with Crippen LogP contribution < -0.4 is 0 Å². The molecule has 0 radical (unpaired) electrons. The van der Waals surface area contributed by atoms with E-state index in [4.69, 9.17) is 15.0 Å². The largest absolute Gasteiger partial charge is 0.208 e. The van der Waals surface area contributed by atoms with Gasteiger partial charge in [-0.25, -0.2) is 15.0 Å². The zero-order valence-electron chi connectivity index (χ0n) is 32.1. The zero-order chi connectivity index (χ0) is 38.4. The molecule has 4 nitrogen and oxygen atoms in total. The summed E-state index contributed by atoms with van der Waals surface area (Å²) < 4.78 is 0. The SMILES string of the molecule is N#Cc1ccc(-c2ccc3c(c2)C2(c4c(-c5ccc(-c6nc(-c7ccccc7)nc(-c7ccccc7)n6)cc5)cccc4-3)C3CC4CC(C3)CC2C4)c2ccccc12. The molecule has 0 atom stereocenters. The second-order valence-electron chi connectivity index (χ2n) is 17.1. The summed E-state index contributed by atoms with van der Waals surface area (Å²) in [6, 6.07) is 58.7. The van der Waals surface area contributed by atoms with Gasteiger partial charge < -0.3 is 0 Å². The Morgan fingerprint density at radius 1 is 0.431 bits per heavy atom. The number of nitriles is 1. The van der Waals surface area contributed by atoms with Crippen LogP contribution in [0.25, 0.3) is 78.3 Å². The van der Waals surface area contributed by atoms with Gasteiger partial charge in [-0.2, -0.15) is 5.26 Å². The minimum Gasteiger partial charge on any atom is -0.208 e. The Labute approximate surface area is 338 Å². The molecule has 1 aromatic heterocycles. The number of hydrogen-bond donors (Lipinski definition) is 0. The van der Waals surface area contributed by atoms with E-state index in [9.17, 15) is 5.26 Å². The molecule has 0 unspecified atom stereocenters. The Balaban J connectivity index is 1.00. The standard InChI is InChI=1S/C54H40N4/c55-32-40-23-24-44(46-15-8-7-14-43(40)46)39-22-25-47-48-17-9-16-45(50(48)54(49(47)31-39)41-27-33-26-34(29-41)30-42(54)28-33)35-18-20-38(21-19-35)53-57-51(36-10-3-1-4-11-36)56-52(58-53)37-12-5-2-6-13-37/h1-25,31,33-34,41-42H,26-30H2. The first kappa shape index (κ1) is 33.4. The predicted octanol–water partition coefficient (Wildman–Crippen LogP) is 13.0. The third kappa shape index (κ3) is 4.96. The van der Waals surface area contributed by atoms with E-state index in [0.29, 0.717) is 29.3 Å². The topological polar surface area (TPSA) is 62.5 Å². The summed E-state index contributed by atoms with van der Waals surface area (Å²) in [5.41, 5.74) is 14.5. The molecule has 0 N–H and O–H groups in total. The molecule has 0 amide bonds. The lowest BCUT2D eigenvalue weighted by atomic mass is 9.42. The maximum Gasteiger partial charge on any atom is 0.164 e. The number of rotatable bonds is 5. The highest BCUT2D eigenvalue weighted by Gasteiger charge is 2.62. The number of benzene rings is 7. The fourth-order valence-corrected chi connectivity index (χ4v) is 12.0. The Hall–Kier alpha value is -6.70. The highest BCUT2D eigenvalue weighted by molar-refractivity contribution is 6.01. The van der Waals surface area contributed by atoms with Crippen LogP contribution in [0, 0.1) is 35.0 Å². The second kappa shape index (κ2) is 12.9. The summed E-state index contributed by atoms with van der Waals surface area (Å²) in [5, 5.41) is 12.1. The van der Waals surface area contributed by atoms with Gasteiger partial charge in [0.05, 0.1) is 11.6 Å². The van der Waals surface area contributed by atoms with E-state index >= 15 is 0 Å². The van der Waals surface area contributed by atoms with E-state index in [1.165, 1.54) is 71.0 Å². The van der Waals surface area contributed by atoms with Gasteiger partial charge in [0.25, 0.3) is 0 Å². The Morgan fingerprint density at radius 3 is 1.57 bits per heavy atom. The van der Waals surface area contributed by atoms with Crippen LogP contribution in [0.4, 0.5) is 0 Å². The first-order valence-electron chi connectivity index (χ1n) is 20.8. The minimum absolute atomic E-state index is 0.0326. The lowest BCUT2D eigenvalue weighted by Crippen LogP contribution is -2.55. The van der Waals surface area contributed by atoms with E-state index in [1.807, 2.05) is 48.5 Å². The summed E-state index contributed by atoms with van der Waals surface area (Å²) in [5.74, 6) is 4.95. The third-order valence-corrected chi connectivity index (χ3v) is 14.2. The molecule has 1 spiro atoms. The van der Waals surface area contributed by atoms with Gasteiger partial charge in [0.2, 0.25) is 0 Å². The number of fused-ring (bicyclic) bond motifs is 4. The van der Waals surface area contributed by atoms with Gasteiger partial charge in [0.1, 0.15) is 0 Å². The van der Waals surface area contributed by atoms with Gasteiger partial charge >= 0.3 is 0 Å². The smallest absolute Gasteiger partial charge is 0.164 e. The molecule has 0 aliphatic heterocycles. The molecule has 4 heteroatoms. The van der Waals surface area contributed by atoms with Gasteiger partial charge in [0.15, 0.2) is 17.5 Å². The molecule has 1 heterocycles. The average molecular weight is 745 g/mol. The average Bonchev–Trinajstić information content (AvgIpc) is 3.58. The second-order valence-corrected chi connectivity index (χ2v) is 17.1. The number of aromatic nitrogens is 3. The van der Waals surface area contributed by atoms with Crippen molar-refractivity contribution in [1.82, 2.24) is 15.0 Å². The quantitative estimate of drug-likeness (QED) is 0.176. The highest BCUT2D eigenvalue weighted by Crippen LogP contribution is 2.70. The summed E-state index contributed by atoms with van der Waals surface area (Å²) in [7, 11) is 0. The molecule has 5 aliphatic carbocycles. The molecule has 4 saturated carbocycles. The van der Waals surface area contributed by atoms with Gasteiger partial charge in [-0.15, -0.1) is 0 Å². The Morgan fingerprint density at radius 2 is 0.948 bits per heavy atom. The van der Waals surface area contributed by atoms with E-state index in [1.54, 1.807) is 5.56 Å². The predicted molar refractivity (Wildman–Crippen MR) is 232 cm³/mol. The summed E-state index contributed by atoms with van der Waals surface area (Å²) in [4.78, 5) is 15.0. The van der Waals surface area contributed by atoms with Crippen LogP contribution in [0.3, 0.4) is 0 Å². The summed E-state index contributed by atoms with van der Waals surface area (Å²) in [6.45, 7) is 0. The minimum atomic E-state index is -0.0326. The van der Waals surface area contributed by atoms with Crippen LogP contribution in [-0.4, -0.2) is 15.0 Å². The van der Waals surface area contributed by atoms with Gasteiger partial charge in [-0.1, -0.05) is 146 Å². The summed E-state index contributed by atoms with van der Waals surface area (Å²) in [6.07, 6.45) is 6.68. The lowest BCUT2D eigenvalue weighted by Gasteiger charge is -2.61. The Bertz CT molecular complexity index is 2880. The van der Waals surface area contributed by atoms with Crippen molar-refractivity contribution in [3.05, 3.63) is 174 Å². The Kier molecular flexibility index (Phi) is 7.45. The van der Waals surface area contributed by atoms with Crippen LogP contribution in [0.1, 0.15) is 48.8 Å². The van der Waals surface area contributed by atoms with Crippen molar-refractivity contribution in [2.45, 2.75) is 37.5 Å². The van der Waals surface area contributed by atoms with Gasteiger partial charge in [-0.3, -0.25) is 0 Å². The fourth-order valence-electron chi connectivity index (χ4n) is 12.0. The van der Waals surface area contributed by atoms with E-state index in [-0.39, 0.29) is 5.41 Å². The normalized spacial score (nSPS) is 22.2. The first-order chi connectivity index (χ1) is 28.7. The maximum atomic E-state index is 9.95. The van der Waals surface area contributed by atoms with Gasteiger partial charge in [0, 0.05) is 27.5 Å². The molecule has 58 heavy (non-hydrogen) atoms. The van der Waals surface area contributed by atoms with Crippen LogP contribution in [0.15, 0.2) is 158 Å². The molecule has 4 bridgehead atoms. The van der Waals surface area contributed by atoms with Crippen molar-refractivity contribution in [2.24, 2.45) is 23.7 Å². The first-order valence-corrected chi connectivity index (χ1v) is 20.8. The molecule has 13 rings (SSSR count). The van der Waals surface area contributed by atoms with Gasteiger partial charge in [-0.05, 0) is 118 Å². The molecule has 276 valence electrons. The van der Waals surface area contributed by atoms with Crippen molar-refractivity contribution < 1.29 is 0 Å². The maximum absolute atomic E-state index is 9.95. The van der Waals surface area contributed by atoms with Crippen molar-refractivity contribution in [3.63, 3.8) is 0 Å². The molecule has 0 saturated heterocycles. The van der Waals surface area contributed by atoms with Crippen LogP contribution in [-0.2, 0) is 5.41 Å². The lowest BCUT2D eigenvalue weighted by molar-refractivity contribution is -0.0397. The van der Waals surface area contributed by atoms with E-state index in [0.717, 1.165) is 44.9 Å². The summed E-state index contributed by atoms with van der Waals surface area (Å²) >= 11 is 0. The molecule has 5 aliphatic rings. The fraction of sp³-hybridized carbons (Fsp3) is 0.185. The molecular formula is C54H40N4. The van der Waals surface area contributed by atoms with Crippen LogP contribution in [0.2, 0.25) is 0 Å². The van der Waals surface area contributed by atoms with E-state index in [2.05, 4.69) is 115 Å². The van der Waals surface area contributed by atoms with Crippen molar-refractivity contribution in [2.75, 3.05) is 0 Å². The monoisotopic (exact) mass is 744 g/mol. The van der Waals surface area contributed by atoms with Crippen molar-refractivity contribution >= 4 is 10.8 Å². The number of nitrogens with zero attached hydrogens (tertiary/aromatic N) is 4. The number of hydrogen-bond acceptors (Lipinski definition) is 4.